The number of hydrogen-bond donors (Lipinski definition) is 1. The van der Waals surface area contributed by atoms with Crippen LogP contribution < -0.4 is 5.73 Å². The van der Waals surface area contributed by atoms with Crippen molar-refractivity contribution in [2.45, 2.75) is 59.3 Å². The van der Waals surface area contributed by atoms with Crippen LogP contribution in [0, 0.1) is 11.8 Å². The summed E-state index contributed by atoms with van der Waals surface area (Å²) in [6, 6.07) is 0. The number of Topliss-reactive ketones (excluding diaryl/α,β-unsaturated/α-hetero) is 1. The number of unbranched alkanes of at least 4 members (excludes halogenated alkanes) is 1. The first-order valence-corrected chi connectivity index (χ1v) is 6.38. The van der Waals surface area contributed by atoms with Gasteiger partial charge < -0.3 is 5.73 Å². The third-order valence-corrected chi connectivity index (χ3v) is 3.18. The summed E-state index contributed by atoms with van der Waals surface area (Å²) in [5.41, 5.74) is 5.46. The lowest BCUT2D eigenvalue weighted by Gasteiger charge is -2.16. The average molecular weight is 213 g/mol. The molecule has 2 atom stereocenters. The third-order valence-electron chi connectivity index (χ3n) is 3.18. The van der Waals surface area contributed by atoms with Crippen molar-refractivity contribution in [1.82, 2.24) is 0 Å². The molecule has 0 heterocycles. The summed E-state index contributed by atoms with van der Waals surface area (Å²) in [4.78, 5) is 11.8. The molecule has 0 aromatic heterocycles. The van der Waals surface area contributed by atoms with E-state index in [2.05, 4.69) is 13.8 Å². The van der Waals surface area contributed by atoms with Gasteiger partial charge in [-0.3, -0.25) is 4.79 Å². The van der Waals surface area contributed by atoms with Crippen LogP contribution in [0.25, 0.3) is 0 Å². The van der Waals surface area contributed by atoms with Crippen molar-refractivity contribution >= 4 is 5.78 Å². The van der Waals surface area contributed by atoms with Gasteiger partial charge in [0.15, 0.2) is 0 Å². The molecule has 0 aromatic rings. The van der Waals surface area contributed by atoms with Gasteiger partial charge in [0.25, 0.3) is 0 Å². The van der Waals surface area contributed by atoms with Gasteiger partial charge in [-0.1, -0.05) is 46.5 Å². The molecule has 0 bridgehead atoms. The zero-order valence-electron chi connectivity index (χ0n) is 10.6. The van der Waals surface area contributed by atoms with Crippen molar-refractivity contribution in [3.63, 3.8) is 0 Å². The van der Waals surface area contributed by atoms with Crippen molar-refractivity contribution in [2.24, 2.45) is 17.6 Å². The number of nitrogens with two attached hydrogens (primary N) is 1. The van der Waals surface area contributed by atoms with Crippen LogP contribution in [0.2, 0.25) is 0 Å². The van der Waals surface area contributed by atoms with Crippen LogP contribution in [0.15, 0.2) is 0 Å². The molecule has 0 fully saturated rings. The second-order valence-electron chi connectivity index (χ2n) is 4.57. The van der Waals surface area contributed by atoms with E-state index in [0.29, 0.717) is 18.2 Å². The van der Waals surface area contributed by atoms with Crippen LogP contribution in [0.4, 0.5) is 0 Å². The SMILES string of the molecule is CCCCC(CC)CC(=O)C(C)CCN. The minimum atomic E-state index is 0.158. The summed E-state index contributed by atoms with van der Waals surface area (Å²) in [6.45, 7) is 7.01. The number of hydrogen-bond acceptors (Lipinski definition) is 2. The minimum absolute atomic E-state index is 0.158. The third kappa shape index (κ3) is 6.67. The van der Waals surface area contributed by atoms with Crippen molar-refractivity contribution in [1.29, 1.82) is 0 Å². The summed E-state index contributed by atoms with van der Waals surface area (Å²) in [6.07, 6.45) is 6.40. The molecule has 0 saturated carbocycles. The van der Waals surface area contributed by atoms with Gasteiger partial charge in [0, 0.05) is 12.3 Å². The van der Waals surface area contributed by atoms with E-state index in [0.717, 1.165) is 19.3 Å². The Hall–Kier alpha value is -0.370. The van der Waals surface area contributed by atoms with Crippen LogP contribution in [-0.4, -0.2) is 12.3 Å². The van der Waals surface area contributed by atoms with Gasteiger partial charge in [-0.15, -0.1) is 0 Å². The zero-order valence-corrected chi connectivity index (χ0v) is 10.6. The van der Waals surface area contributed by atoms with Crippen molar-refractivity contribution < 1.29 is 4.79 Å². The van der Waals surface area contributed by atoms with Gasteiger partial charge in [-0.2, -0.15) is 0 Å². The molecule has 2 unspecified atom stereocenters. The molecule has 0 aliphatic carbocycles. The summed E-state index contributed by atoms with van der Waals surface area (Å²) >= 11 is 0. The standard InChI is InChI=1S/C13H27NO/c1-4-6-7-12(5-2)10-13(15)11(3)8-9-14/h11-12H,4-10,14H2,1-3H3. The second kappa shape index (κ2) is 8.90. The van der Waals surface area contributed by atoms with Gasteiger partial charge in [-0.05, 0) is 18.9 Å². The number of rotatable bonds is 9. The quantitative estimate of drug-likeness (QED) is 0.639. The molecular formula is C13H27NO. The molecule has 15 heavy (non-hydrogen) atoms. The first-order valence-electron chi connectivity index (χ1n) is 6.38. The minimum Gasteiger partial charge on any atom is -0.330 e. The van der Waals surface area contributed by atoms with E-state index in [1.54, 1.807) is 0 Å². The summed E-state index contributed by atoms with van der Waals surface area (Å²) in [5, 5.41) is 0. The average Bonchev–Trinajstić information content (AvgIpc) is 2.24. The molecule has 0 saturated heterocycles. The number of ketones is 1. The van der Waals surface area contributed by atoms with Crippen LogP contribution >= 0.6 is 0 Å². The first-order chi connectivity index (χ1) is 7.15. The second-order valence-corrected chi connectivity index (χ2v) is 4.57. The fourth-order valence-electron chi connectivity index (χ4n) is 1.84. The highest BCUT2D eigenvalue weighted by atomic mass is 16.1. The van der Waals surface area contributed by atoms with Crippen LogP contribution in [0.1, 0.15) is 59.3 Å². The highest BCUT2D eigenvalue weighted by Gasteiger charge is 2.16. The van der Waals surface area contributed by atoms with E-state index < -0.39 is 0 Å². The molecule has 2 nitrogen and oxygen atoms in total. The Bertz CT molecular complexity index is 168. The largest absolute Gasteiger partial charge is 0.330 e. The molecule has 0 radical (unpaired) electrons. The monoisotopic (exact) mass is 213 g/mol. The molecule has 90 valence electrons. The Kier molecular flexibility index (Phi) is 8.68. The van der Waals surface area contributed by atoms with E-state index in [4.69, 9.17) is 5.73 Å². The molecule has 2 N–H and O–H groups in total. The van der Waals surface area contributed by atoms with Crippen molar-refractivity contribution in [2.75, 3.05) is 6.54 Å². The lowest BCUT2D eigenvalue weighted by Crippen LogP contribution is -2.18. The molecule has 0 aromatic carbocycles. The Morgan fingerprint density at radius 3 is 2.40 bits per heavy atom. The van der Waals surface area contributed by atoms with E-state index >= 15 is 0 Å². The number of carbonyl (C=O) groups excluding carboxylic acids is 1. The molecule has 2 heteroatoms. The molecular weight excluding hydrogens is 186 g/mol. The fraction of sp³-hybridized carbons (Fsp3) is 0.923. The predicted octanol–water partition coefficient (Wildman–Crippen LogP) is 3.15. The van der Waals surface area contributed by atoms with Gasteiger partial charge in [-0.25, -0.2) is 0 Å². The Balaban J connectivity index is 3.88. The molecule has 0 aliphatic rings. The summed E-state index contributed by atoms with van der Waals surface area (Å²) in [7, 11) is 0. The van der Waals surface area contributed by atoms with E-state index in [1.165, 1.54) is 19.3 Å². The van der Waals surface area contributed by atoms with Crippen molar-refractivity contribution in [3.05, 3.63) is 0 Å². The topological polar surface area (TPSA) is 43.1 Å². The highest BCUT2D eigenvalue weighted by molar-refractivity contribution is 5.80. The Labute approximate surface area is 94.6 Å². The summed E-state index contributed by atoms with van der Waals surface area (Å²) < 4.78 is 0. The maximum Gasteiger partial charge on any atom is 0.136 e. The van der Waals surface area contributed by atoms with Gasteiger partial charge in [0.2, 0.25) is 0 Å². The lowest BCUT2D eigenvalue weighted by atomic mass is 9.89. The van der Waals surface area contributed by atoms with E-state index in [1.807, 2.05) is 6.92 Å². The highest BCUT2D eigenvalue weighted by Crippen LogP contribution is 2.19. The maximum atomic E-state index is 11.8. The zero-order chi connectivity index (χ0) is 11.7. The Morgan fingerprint density at radius 2 is 1.93 bits per heavy atom. The van der Waals surface area contributed by atoms with E-state index in [9.17, 15) is 4.79 Å². The maximum absolute atomic E-state index is 11.8. The van der Waals surface area contributed by atoms with Gasteiger partial charge >= 0.3 is 0 Å². The predicted molar refractivity (Wildman–Crippen MR) is 65.8 cm³/mol. The fourth-order valence-corrected chi connectivity index (χ4v) is 1.84. The number of carbonyl (C=O) groups is 1. The molecule has 0 spiro atoms. The normalized spacial score (nSPS) is 14.9. The van der Waals surface area contributed by atoms with Crippen LogP contribution in [-0.2, 0) is 4.79 Å². The summed E-state index contributed by atoms with van der Waals surface area (Å²) in [5.74, 6) is 1.16. The molecule has 0 amide bonds. The smallest absolute Gasteiger partial charge is 0.136 e. The molecule has 0 rings (SSSR count). The van der Waals surface area contributed by atoms with Gasteiger partial charge in [0.05, 0.1) is 0 Å². The molecule has 0 aliphatic heterocycles. The van der Waals surface area contributed by atoms with E-state index in [-0.39, 0.29) is 5.92 Å². The Morgan fingerprint density at radius 1 is 1.27 bits per heavy atom. The lowest BCUT2D eigenvalue weighted by molar-refractivity contribution is -0.123. The van der Waals surface area contributed by atoms with Gasteiger partial charge in [0.1, 0.15) is 5.78 Å². The van der Waals surface area contributed by atoms with Crippen molar-refractivity contribution in [3.8, 4) is 0 Å². The van der Waals surface area contributed by atoms with Crippen LogP contribution in [0.3, 0.4) is 0 Å². The first kappa shape index (κ1) is 14.6. The van der Waals surface area contributed by atoms with Crippen LogP contribution in [0.5, 0.6) is 0 Å².